The maximum Gasteiger partial charge on any atom is 0.247 e. The van der Waals surface area contributed by atoms with E-state index >= 15 is 0 Å². The van der Waals surface area contributed by atoms with E-state index in [0.717, 1.165) is 0 Å². The summed E-state index contributed by atoms with van der Waals surface area (Å²) in [7, 11) is -3.71. The highest BCUT2D eigenvalue weighted by Gasteiger charge is 2.30. The summed E-state index contributed by atoms with van der Waals surface area (Å²) in [6.45, 7) is 1.01. The Kier molecular flexibility index (Phi) is 2.76. The zero-order chi connectivity index (χ0) is 13.5. The van der Waals surface area contributed by atoms with Crippen LogP contribution in [-0.4, -0.2) is 39.1 Å². The molecule has 0 aliphatic carbocycles. The number of rotatable bonds is 2. The van der Waals surface area contributed by atoms with Crippen LogP contribution in [0.4, 0.5) is 0 Å². The predicted octanol–water partition coefficient (Wildman–Crippen LogP) is 0.188. The molecule has 1 aromatic heterocycles. The molecule has 3 rings (SSSR count). The quantitative estimate of drug-likeness (QED) is 0.848. The van der Waals surface area contributed by atoms with E-state index in [2.05, 4.69) is 10.2 Å². The standard InChI is InChI=1S/C11H12N4O3S/c16-9-3-1-2-4-10(9)19(17,18)15-6-5-14-8-12-13-11(14)7-15/h1-4,8,16H,5-7H2. The summed E-state index contributed by atoms with van der Waals surface area (Å²) in [5.74, 6) is 0.361. The van der Waals surface area contributed by atoms with Crippen molar-refractivity contribution >= 4 is 10.0 Å². The molecular formula is C11H12N4O3S. The van der Waals surface area contributed by atoms with Crippen LogP contribution < -0.4 is 0 Å². The van der Waals surface area contributed by atoms with Crippen molar-refractivity contribution in [2.45, 2.75) is 18.0 Å². The maximum absolute atomic E-state index is 12.4. The van der Waals surface area contributed by atoms with Crippen LogP contribution in [-0.2, 0) is 23.1 Å². The lowest BCUT2D eigenvalue weighted by atomic mass is 10.3. The first-order chi connectivity index (χ1) is 9.09. The number of aromatic hydroxyl groups is 1. The highest BCUT2D eigenvalue weighted by atomic mass is 32.2. The normalized spacial score (nSPS) is 16.2. The van der Waals surface area contributed by atoms with E-state index in [1.807, 2.05) is 4.57 Å². The third-order valence-corrected chi connectivity index (χ3v) is 4.98. The summed E-state index contributed by atoms with van der Waals surface area (Å²) >= 11 is 0. The van der Waals surface area contributed by atoms with Gasteiger partial charge in [0.05, 0.1) is 6.54 Å². The Hall–Kier alpha value is -1.93. The minimum absolute atomic E-state index is 0.0806. The van der Waals surface area contributed by atoms with Crippen LogP contribution >= 0.6 is 0 Å². The molecule has 1 N–H and O–H groups in total. The number of aromatic nitrogens is 3. The van der Waals surface area contributed by atoms with Gasteiger partial charge in [-0.3, -0.25) is 0 Å². The van der Waals surface area contributed by atoms with Crippen molar-refractivity contribution in [2.24, 2.45) is 0 Å². The molecule has 1 aliphatic heterocycles. The van der Waals surface area contributed by atoms with Gasteiger partial charge in [-0.1, -0.05) is 12.1 Å². The molecule has 8 heteroatoms. The predicted molar refractivity (Wildman–Crippen MR) is 65.7 cm³/mol. The fourth-order valence-corrected chi connectivity index (χ4v) is 3.53. The van der Waals surface area contributed by atoms with E-state index in [1.165, 1.54) is 16.4 Å². The van der Waals surface area contributed by atoms with Gasteiger partial charge in [0.2, 0.25) is 10.0 Å². The molecular weight excluding hydrogens is 268 g/mol. The molecule has 100 valence electrons. The molecule has 1 aliphatic rings. The molecule has 0 spiro atoms. The summed E-state index contributed by atoms with van der Waals surface area (Å²) < 4.78 is 28.0. The van der Waals surface area contributed by atoms with Crippen LogP contribution in [0.2, 0.25) is 0 Å². The fraction of sp³-hybridized carbons (Fsp3) is 0.273. The number of fused-ring (bicyclic) bond motifs is 1. The number of hydrogen-bond donors (Lipinski definition) is 1. The van der Waals surface area contributed by atoms with Crippen LogP contribution in [0.15, 0.2) is 35.5 Å². The first kappa shape index (κ1) is 12.1. The van der Waals surface area contributed by atoms with E-state index in [-0.39, 0.29) is 17.2 Å². The van der Waals surface area contributed by atoms with E-state index in [4.69, 9.17) is 0 Å². The van der Waals surface area contributed by atoms with Crippen molar-refractivity contribution in [2.75, 3.05) is 6.54 Å². The number of phenols is 1. The average molecular weight is 280 g/mol. The van der Waals surface area contributed by atoms with Crippen LogP contribution in [0, 0.1) is 0 Å². The lowest BCUT2D eigenvalue weighted by molar-refractivity contribution is 0.333. The summed E-state index contributed by atoms with van der Waals surface area (Å²) in [5, 5.41) is 17.3. The molecule has 0 unspecified atom stereocenters. The van der Waals surface area contributed by atoms with Crippen molar-refractivity contribution in [3.05, 3.63) is 36.4 Å². The second kappa shape index (κ2) is 4.32. The molecule has 0 bridgehead atoms. The fourth-order valence-electron chi connectivity index (χ4n) is 2.06. The molecule has 0 fully saturated rings. The summed E-state index contributed by atoms with van der Waals surface area (Å²) in [5.41, 5.74) is 0. The molecule has 2 aromatic rings. The number of nitrogens with zero attached hydrogens (tertiary/aromatic N) is 4. The van der Waals surface area contributed by atoms with Crippen molar-refractivity contribution in [3.63, 3.8) is 0 Å². The molecule has 0 saturated carbocycles. The monoisotopic (exact) mass is 280 g/mol. The van der Waals surface area contributed by atoms with Gasteiger partial charge in [0, 0.05) is 13.1 Å². The highest BCUT2D eigenvalue weighted by molar-refractivity contribution is 7.89. The number of sulfonamides is 1. The third-order valence-electron chi connectivity index (χ3n) is 3.09. The van der Waals surface area contributed by atoms with Crippen LogP contribution in [0.25, 0.3) is 0 Å². The Labute approximate surface area is 110 Å². The van der Waals surface area contributed by atoms with E-state index in [9.17, 15) is 13.5 Å². The molecule has 0 saturated heterocycles. The van der Waals surface area contributed by atoms with Crippen molar-refractivity contribution in [1.29, 1.82) is 0 Å². The van der Waals surface area contributed by atoms with Gasteiger partial charge in [0.1, 0.15) is 22.8 Å². The summed E-state index contributed by atoms with van der Waals surface area (Å²) in [6.07, 6.45) is 1.58. The van der Waals surface area contributed by atoms with Gasteiger partial charge in [-0.05, 0) is 12.1 Å². The lowest BCUT2D eigenvalue weighted by Crippen LogP contribution is -2.38. The van der Waals surface area contributed by atoms with Crippen LogP contribution in [0.5, 0.6) is 5.75 Å². The number of benzene rings is 1. The lowest BCUT2D eigenvalue weighted by Gasteiger charge is -2.26. The maximum atomic E-state index is 12.4. The largest absolute Gasteiger partial charge is 0.507 e. The summed E-state index contributed by atoms with van der Waals surface area (Å²) in [4.78, 5) is -0.0806. The van der Waals surface area contributed by atoms with Crippen molar-refractivity contribution in [3.8, 4) is 5.75 Å². The van der Waals surface area contributed by atoms with Crippen LogP contribution in [0.1, 0.15) is 5.82 Å². The Balaban J connectivity index is 1.97. The van der Waals surface area contributed by atoms with E-state index in [1.54, 1.807) is 18.5 Å². The van der Waals surface area contributed by atoms with Gasteiger partial charge in [0.15, 0.2) is 0 Å². The highest BCUT2D eigenvalue weighted by Crippen LogP contribution is 2.27. The van der Waals surface area contributed by atoms with Crippen molar-refractivity contribution in [1.82, 2.24) is 19.1 Å². The van der Waals surface area contributed by atoms with Gasteiger partial charge < -0.3 is 9.67 Å². The van der Waals surface area contributed by atoms with Gasteiger partial charge in [-0.25, -0.2) is 8.42 Å². The minimum Gasteiger partial charge on any atom is -0.507 e. The SMILES string of the molecule is O=S(=O)(c1ccccc1O)N1CCn2cnnc2C1. The molecule has 0 radical (unpaired) electrons. The molecule has 1 aromatic carbocycles. The Morgan fingerprint density at radius 1 is 1.21 bits per heavy atom. The topological polar surface area (TPSA) is 88.3 Å². The zero-order valence-electron chi connectivity index (χ0n) is 9.97. The van der Waals surface area contributed by atoms with Gasteiger partial charge >= 0.3 is 0 Å². The first-order valence-electron chi connectivity index (χ1n) is 5.74. The minimum atomic E-state index is -3.71. The Morgan fingerprint density at radius 2 is 2.00 bits per heavy atom. The summed E-state index contributed by atoms with van der Waals surface area (Å²) in [6, 6.07) is 5.92. The third kappa shape index (κ3) is 1.98. The molecule has 0 amide bonds. The molecule has 0 atom stereocenters. The van der Waals surface area contributed by atoms with Gasteiger partial charge in [-0.15, -0.1) is 10.2 Å². The van der Waals surface area contributed by atoms with E-state index < -0.39 is 10.0 Å². The molecule has 19 heavy (non-hydrogen) atoms. The second-order valence-corrected chi connectivity index (χ2v) is 6.15. The Bertz CT molecular complexity index is 710. The Morgan fingerprint density at radius 3 is 2.79 bits per heavy atom. The first-order valence-corrected chi connectivity index (χ1v) is 7.18. The molecule has 7 nitrogen and oxygen atoms in total. The molecule has 2 heterocycles. The second-order valence-electron chi connectivity index (χ2n) is 4.25. The zero-order valence-corrected chi connectivity index (χ0v) is 10.8. The smallest absolute Gasteiger partial charge is 0.247 e. The van der Waals surface area contributed by atoms with Gasteiger partial charge in [0.25, 0.3) is 0 Å². The number of para-hydroxylation sites is 1. The van der Waals surface area contributed by atoms with Crippen LogP contribution in [0.3, 0.4) is 0 Å². The van der Waals surface area contributed by atoms with E-state index in [0.29, 0.717) is 18.9 Å². The average Bonchev–Trinajstić information content (AvgIpc) is 2.86. The van der Waals surface area contributed by atoms with Gasteiger partial charge in [-0.2, -0.15) is 4.31 Å². The number of phenolic OH excluding ortho intramolecular Hbond substituents is 1. The van der Waals surface area contributed by atoms with Crippen molar-refractivity contribution < 1.29 is 13.5 Å². The number of hydrogen-bond acceptors (Lipinski definition) is 5.